The van der Waals surface area contributed by atoms with Crippen LogP contribution in [0.25, 0.3) is 5.69 Å². The third kappa shape index (κ3) is 3.09. The highest BCUT2D eigenvalue weighted by atomic mass is 16.2. The van der Waals surface area contributed by atoms with Gasteiger partial charge in [0.15, 0.2) is 5.69 Å². The van der Waals surface area contributed by atoms with Gasteiger partial charge in [0.1, 0.15) is 0 Å². The van der Waals surface area contributed by atoms with E-state index in [1.165, 1.54) is 0 Å². The summed E-state index contributed by atoms with van der Waals surface area (Å²) in [6, 6.07) is 8.60. The van der Waals surface area contributed by atoms with Crippen molar-refractivity contribution >= 4 is 17.5 Å². The lowest BCUT2D eigenvalue weighted by atomic mass is 10.3. The van der Waals surface area contributed by atoms with Crippen molar-refractivity contribution in [1.82, 2.24) is 15.1 Å². The zero-order valence-corrected chi connectivity index (χ0v) is 10.0. The number of amides is 2. The molecule has 1 aromatic heterocycles. The van der Waals surface area contributed by atoms with Crippen LogP contribution >= 0.6 is 0 Å². The first kappa shape index (κ1) is 12.6. The number of hydrogen-bond donors (Lipinski definition) is 3. The molecule has 0 spiro atoms. The van der Waals surface area contributed by atoms with E-state index in [4.69, 9.17) is 11.5 Å². The Morgan fingerprint density at radius 1 is 1.21 bits per heavy atom. The third-order valence-electron chi connectivity index (χ3n) is 2.40. The predicted molar refractivity (Wildman–Crippen MR) is 69.5 cm³/mol. The molecule has 1 aromatic carbocycles. The molecule has 0 saturated carbocycles. The Morgan fingerprint density at radius 3 is 2.53 bits per heavy atom. The van der Waals surface area contributed by atoms with Crippen molar-refractivity contribution in [2.75, 3.05) is 12.3 Å². The molecular weight excluding hydrogens is 246 g/mol. The second-order valence-corrected chi connectivity index (χ2v) is 3.89. The Hall–Kier alpha value is -2.83. The monoisotopic (exact) mass is 259 g/mol. The first-order chi connectivity index (χ1) is 9.06. The van der Waals surface area contributed by atoms with Crippen LogP contribution in [0.4, 0.5) is 5.69 Å². The fourth-order valence-corrected chi connectivity index (χ4v) is 1.47. The van der Waals surface area contributed by atoms with E-state index in [1.54, 1.807) is 41.2 Å². The van der Waals surface area contributed by atoms with E-state index in [2.05, 4.69) is 10.4 Å². The number of hydrogen-bond acceptors (Lipinski definition) is 4. The minimum atomic E-state index is -0.605. The van der Waals surface area contributed by atoms with Gasteiger partial charge >= 0.3 is 0 Å². The van der Waals surface area contributed by atoms with Crippen LogP contribution < -0.4 is 16.8 Å². The van der Waals surface area contributed by atoms with Gasteiger partial charge in [-0.05, 0) is 30.3 Å². The molecule has 98 valence electrons. The van der Waals surface area contributed by atoms with Gasteiger partial charge in [-0.1, -0.05) is 0 Å². The number of aromatic nitrogens is 2. The van der Waals surface area contributed by atoms with Crippen molar-refractivity contribution in [3.8, 4) is 5.69 Å². The summed E-state index contributed by atoms with van der Waals surface area (Å²) in [5.41, 5.74) is 12.2. The number of primary amides is 1. The van der Waals surface area contributed by atoms with Crippen LogP contribution in [0.2, 0.25) is 0 Å². The van der Waals surface area contributed by atoms with Gasteiger partial charge in [-0.15, -0.1) is 0 Å². The maximum absolute atomic E-state index is 11.6. The van der Waals surface area contributed by atoms with Crippen molar-refractivity contribution in [1.29, 1.82) is 0 Å². The van der Waals surface area contributed by atoms with Crippen molar-refractivity contribution in [2.24, 2.45) is 5.73 Å². The van der Waals surface area contributed by atoms with Crippen molar-refractivity contribution in [3.05, 3.63) is 42.2 Å². The van der Waals surface area contributed by atoms with E-state index in [0.717, 1.165) is 5.69 Å². The summed E-state index contributed by atoms with van der Waals surface area (Å²) in [5.74, 6) is -1.06. The van der Waals surface area contributed by atoms with Crippen molar-refractivity contribution in [2.45, 2.75) is 0 Å². The summed E-state index contributed by atoms with van der Waals surface area (Å²) < 4.78 is 1.54. The largest absolute Gasteiger partial charge is 0.399 e. The van der Waals surface area contributed by atoms with Gasteiger partial charge in [-0.25, -0.2) is 4.68 Å². The molecule has 2 rings (SSSR count). The van der Waals surface area contributed by atoms with Gasteiger partial charge in [-0.2, -0.15) is 5.10 Å². The topological polar surface area (TPSA) is 116 Å². The predicted octanol–water partition coefficient (Wildman–Crippen LogP) is -0.330. The van der Waals surface area contributed by atoms with Crippen LogP contribution in [0.15, 0.2) is 36.5 Å². The van der Waals surface area contributed by atoms with Crippen LogP contribution in [0, 0.1) is 0 Å². The summed E-state index contributed by atoms with van der Waals surface area (Å²) in [7, 11) is 0. The molecule has 1 heterocycles. The molecule has 0 unspecified atom stereocenters. The SMILES string of the molecule is NC(=O)CNC(=O)c1ccn(-c2ccc(N)cc2)n1. The lowest BCUT2D eigenvalue weighted by molar-refractivity contribution is -0.117. The number of nitrogens with two attached hydrogens (primary N) is 2. The van der Waals surface area contributed by atoms with E-state index in [-0.39, 0.29) is 12.2 Å². The second-order valence-electron chi connectivity index (χ2n) is 3.89. The maximum atomic E-state index is 11.6. The van der Waals surface area contributed by atoms with E-state index in [9.17, 15) is 9.59 Å². The van der Waals surface area contributed by atoms with Gasteiger partial charge in [0.05, 0.1) is 12.2 Å². The maximum Gasteiger partial charge on any atom is 0.272 e. The molecule has 5 N–H and O–H groups in total. The highest BCUT2D eigenvalue weighted by Crippen LogP contribution is 2.10. The smallest absolute Gasteiger partial charge is 0.272 e. The van der Waals surface area contributed by atoms with Crippen LogP contribution in [0.3, 0.4) is 0 Å². The second kappa shape index (κ2) is 5.21. The summed E-state index contributed by atoms with van der Waals surface area (Å²) in [5, 5.41) is 6.46. The zero-order valence-electron chi connectivity index (χ0n) is 10.0. The Kier molecular flexibility index (Phi) is 3.46. The van der Waals surface area contributed by atoms with Gasteiger partial charge < -0.3 is 16.8 Å². The van der Waals surface area contributed by atoms with Crippen LogP contribution in [0.1, 0.15) is 10.5 Å². The molecular formula is C12H13N5O2. The number of anilines is 1. The first-order valence-electron chi connectivity index (χ1n) is 5.54. The summed E-state index contributed by atoms with van der Waals surface area (Å²) in [4.78, 5) is 22.2. The van der Waals surface area contributed by atoms with Crippen molar-refractivity contribution in [3.63, 3.8) is 0 Å². The molecule has 0 radical (unpaired) electrons. The lowest BCUT2D eigenvalue weighted by Gasteiger charge is -2.02. The van der Waals surface area contributed by atoms with Crippen molar-refractivity contribution < 1.29 is 9.59 Å². The van der Waals surface area contributed by atoms with Gasteiger partial charge in [-0.3, -0.25) is 9.59 Å². The molecule has 0 atom stereocenters. The average Bonchev–Trinajstić information content (AvgIpc) is 2.86. The molecule has 2 amide bonds. The fraction of sp³-hybridized carbons (Fsp3) is 0.0833. The number of carbonyl (C=O) groups excluding carboxylic acids is 2. The quantitative estimate of drug-likeness (QED) is 0.652. The number of nitrogens with zero attached hydrogens (tertiary/aromatic N) is 2. The number of nitrogens with one attached hydrogen (secondary N) is 1. The van der Waals surface area contributed by atoms with E-state index in [1.807, 2.05) is 0 Å². The number of benzene rings is 1. The minimum Gasteiger partial charge on any atom is -0.399 e. The van der Waals surface area contributed by atoms with Crippen LogP contribution in [-0.4, -0.2) is 28.1 Å². The summed E-state index contributed by atoms with van der Waals surface area (Å²) >= 11 is 0. The normalized spacial score (nSPS) is 10.1. The first-order valence-corrected chi connectivity index (χ1v) is 5.54. The van der Waals surface area contributed by atoms with E-state index in [0.29, 0.717) is 5.69 Å². The van der Waals surface area contributed by atoms with Gasteiger partial charge in [0.2, 0.25) is 5.91 Å². The molecule has 0 aliphatic heterocycles. The van der Waals surface area contributed by atoms with Gasteiger partial charge in [0, 0.05) is 11.9 Å². The lowest BCUT2D eigenvalue weighted by Crippen LogP contribution is -2.33. The third-order valence-corrected chi connectivity index (χ3v) is 2.40. The molecule has 0 aliphatic carbocycles. The highest BCUT2D eigenvalue weighted by molar-refractivity contribution is 5.94. The Balaban J connectivity index is 2.12. The van der Waals surface area contributed by atoms with Gasteiger partial charge in [0.25, 0.3) is 5.91 Å². The summed E-state index contributed by atoms with van der Waals surface area (Å²) in [6.45, 7) is -0.215. The van der Waals surface area contributed by atoms with E-state index >= 15 is 0 Å². The fourth-order valence-electron chi connectivity index (χ4n) is 1.47. The van der Waals surface area contributed by atoms with E-state index < -0.39 is 11.8 Å². The molecule has 7 heteroatoms. The van der Waals surface area contributed by atoms with Crippen LogP contribution in [-0.2, 0) is 4.79 Å². The molecule has 0 fully saturated rings. The average molecular weight is 259 g/mol. The molecule has 7 nitrogen and oxygen atoms in total. The Bertz CT molecular complexity index is 603. The molecule has 0 bridgehead atoms. The number of nitrogen functional groups attached to an aromatic ring is 1. The number of rotatable bonds is 4. The zero-order chi connectivity index (χ0) is 13.8. The summed E-state index contributed by atoms with van der Waals surface area (Å²) in [6.07, 6.45) is 1.64. The van der Waals surface area contributed by atoms with Crippen LogP contribution in [0.5, 0.6) is 0 Å². The molecule has 0 aliphatic rings. The highest BCUT2D eigenvalue weighted by Gasteiger charge is 2.10. The minimum absolute atomic E-state index is 0.207. The Labute approximate surface area is 109 Å². The number of carbonyl (C=O) groups is 2. The molecule has 19 heavy (non-hydrogen) atoms. The Morgan fingerprint density at radius 2 is 1.89 bits per heavy atom. The molecule has 2 aromatic rings. The molecule has 0 saturated heterocycles. The standard InChI is InChI=1S/C12H13N5O2/c13-8-1-3-9(4-2-8)17-6-5-10(16-17)12(19)15-7-11(14)18/h1-6H,7,13H2,(H2,14,18)(H,15,19).